The van der Waals surface area contributed by atoms with Crippen LogP contribution in [-0.4, -0.2) is 10.5 Å². The highest BCUT2D eigenvalue weighted by Crippen LogP contribution is 2.54. The van der Waals surface area contributed by atoms with Gasteiger partial charge in [0.05, 0.1) is 22.8 Å². The van der Waals surface area contributed by atoms with Crippen molar-refractivity contribution >= 4 is 76.9 Å². The molecule has 0 amide bonds. The van der Waals surface area contributed by atoms with Crippen LogP contribution in [0, 0.1) is 0 Å². The molecule has 0 bridgehead atoms. The van der Waals surface area contributed by atoms with Gasteiger partial charge in [-0.15, -0.1) is 0 Å². The Hall–Kier alpha value is -6.13. The van der Waals surface area contributed by atoms with E-state index in [1.165, 1.54) is 54.6 Å². The summed E-state index contributed by atoms with van der Waals surface area (Å²) in [5.41, 5.74) is 9.89. The fraction of sp³-hybridized carbons (Fsp3) is 0.0889. The van der Waals surface area contributed by atoms with E-state index in [1.807, 2.05) is 6.07 Å². The Labute approximate surface area is 282 Å². The number of nitrogens with zero attached hydrogens (tertiary/aromatic N) is 2. The average molecular weight is 630 g/mol. The predicted molar refractivity (Wildman–Crippen MR) is 203 cm³/mol. The zero-order valence-electron chi connectivity index (χ0n) is 27.2. The van der Waals surface area contributed by atoms with Crippen molar-refractivity contribution in [3.8, 4) is 0 Å². The second-order valence-corrected chi connectivity index (χ2v) is 14.0. The molecule has 1 aliphatic carbocycles. The summed E-state index contributed by atoms with van der Waals surface area (Å²) < 4.78 is 8.82. The van der Waals surface area contributed by atoms with Crippen LogP contribution in [0.1, 0.15) is 36.6 Å². The first-order chi connectivity index (χ1) is 24.1. The van der Waals surface area contributed by atoms with E-state index in [-0.39, 0.29) is 11.5 Å². The number of aliphatic imine (C=N–C) groups is 1. The molecule has 7 aromatic carbocycles. The summed E-state index contributed by atoms with van der Waals surface area (Å²) in [6.45, 7) is 4.69. The molecule has 11 rings (SSSR count). The van der Waals surface area contributed by atoms with Crippen molar-refractivity contribution in [2.75, 3.05) is 0 Å². The molecule has 0 spiro atoms. The minimum absolute atomic E-state index is 0.155. The Morgan fingerprint density at radius 2 is 1.35 bits per heavy atom. The molecule has 0 saturated heterocycles. The third kappa shape index (κ3) is 3.55. The van der Waals surface area contributed by atoms with Gasteiger partial charge in [0.1, 0.15) is 11.2 Å². The first-order valence-corrected chi connectivity index (χ1v) is 17.0. The van der Waals surface area contributed by atoms with Gasteiger partial charge in [-0.3, -0.25) is 4.57 Å². The molecule has 2 aliphatic rings. The SMILES string of the molecule is CC1(C)C2=C(N=C(n3c4cc5ccccc5cc4c4ccc5ccccc5c43)NC2c2cccc3oc4ccccc4c23)c2ccccc21. The average Bonchev–Trinajstić information content (AvgIpc) is 3.76. The van der Waals surface area contributed by atoms with Crippen LogP contribution in [0.15, 0.2) is 155 Å². The zero-order chi connectivity index (χ0) is 32.4. The number of nitrogens with one attached hydrogen (secondary N) is 1. The highest BCUT2D eigenvalue weighted by atomic mass is 16.3. The van der Waals surface area contributed by atoms with Crippen molar-refractivity contribution in [3.05, 3.63) is 162 Å². The van der Waals surface area contributed by atoms with Crippen LogP contribution in [0.5, 0.6) is 0 Å². The van der Waals surface area contributed by atoms with E-state index in [0.717, 1.165) is 44.6 Å². The minimum Gasteiger partial charge on any atom is -0.456 e. The van der Waals surface area contributed by atoms with Crippen LogP contribution in [0.4, 0.5) is 0 Å². The van der Waals surface area contributed by atoms with Gasteiger partial charge in [-0.05, 0) is 57.1 Å². The summed E-state index contributed by atoms with van der Waals surface area (Å²) in [5, 5.41) is 13.7. The number of hydrogen-bond donors (Lipinski definition) is 1. The molecule has 3 heterocycles. The van der Waals surface area contributed by atoms with E-state index in [1.54, 1.807) is 0 Å². The third-order valence-corrected chi connectivity index (χ3v) is 11.0. The van der Waals surface area contributed by atoms with Gasteiger partial charge in [0.2, 0.25) is 5.96 Å². The van der Waals surface area contributed by atoms with Crippen LogP contribution in [0.3, 0.4) is 0 Å². The molecule has 1 unspecified atom stereocenters. The molecule has 2 aromatic heterocycles. The zero-order valence-corrected chi connectivity index (χ0v) is 27.2. The van der Waals surface area contributed by atoms with E-state index < -0.39 is 0 Å². The maximum Gasteiger partial charge on any atom is 0.209 e. The quantitative estimate of drug-likeness (QED) is 0.196. The highest BCUT2D eigenvalue weighted by Gasteiger charge is 2.45. The Kier molecular flexibility index (Phi) is 5.20. The maximum atomic E-state index is 6.43. The van der Waals surface area contributed by atoms with Crippen molar-refractivity contribution in [1.29, 1.82) is 0 Å². The molecule has 4 nitrogen and oxygen atoms in total. The topological polar surface area (TPSA) is 42.5 Å². The van der Waals surface area contributed by atoms with Gasteiger partial charge in [-0.1, -0.05) is 129 Å². The third-order valence-electron chi connectivity index (χ3n) is 11.0. The van der Waals surface area contributed by atoms with Gasteiger partial charge in [-0.2, -0.15) is 0 Å². The monoisotopic (exact) mass is 629 g/mol. The van der Waals surface area contributed by atoms with Gasteiger partial charge >= 0.3 is 0 Å². The molecule has 4 heteroatoms. The lowest BCUT2D eigenvalue weighted by Crippen LogP contribution is -2.40. The normalized spacial score (nSPS) is 16.9. The van der Waals surface area contributed by atoms with E-state index in [9.17, 15) is 0 Å². The van der Waals surface area contributed by atoms with Gasteiger partial charge < -0.3 is 9.73 Å². The predicted octanol–water partition coefficient (Wildman–Crippen LogP) is 11.3. The molecule has 0 fully saturated rings. The maximum absolute atomic E-state index is 6.43. The fourth-order valence-corrected chi connectivity index (χ4v) is 8.85. The number of furan rings is 1. The second-order valence-electron chi connectivity index (χ2n) is 14.0. The first kappa shape index (κ1) is 26.9. The molecule has 0 radical (unpaired) electrons. The number of benzene rings is 7. The van der Waals surface area contributed by atoms with Crippen LogP contribution in [0.25, 0.3) is 71.0 Å². The Morgan fingerprint density at radius 1 is 0.633 bits per heavy atom. The van der Waals surface area contributed by atoms with E-state index >= 15 is 0 Å². The number of hydrogen-bond acceptors (Lipinski definition) is 3. The largest absolute Gasteiger partial charge is 0.456 e. The van der Waals surface area contributed by atoms with E-state index in [2.05, 4.69) is 157 Å². The lowest BCUT2D eigenvalue weighted by Gasteiger charge is -2.35. The molecule has 9 aromatic rings. The van der Waals surface area contributed by atoms with Crippen LogP contribution in [-0.2, 0) is 5.41 Å². The standard InChI is InChI=1S/C45H31N3O/c1-45(2)35-19-9-7-16-31(35)41-40(45)42(33-18-11-21-38-39(33)32-17-8-10-20-37(32)49-38)47-44(46-41)48-36-25-28-14-4-3-13-27(28)24-34(36)30-23-22-26-12-5-6-15-29(26)43(30)48/h3-25,42H,1-2H3,(H,46,47). The Balaban J connectivity index is 1.27. The van der Waals surface area contributed by atoms with Gasteiger partial charge in [0.15, 0.2) is 0 Å². The van der Waals surface area contributed by atoms with Gasteiger partial charge in [0, 0.05) is 37.9 Å². The summed E-state index contributed by atoms with van der Waals surface area (Å²) in [7, 11) is 0. The van der Waals surface area contributed by atoms with Gasteiger partial charge in [0.25, 0.3) is 0 Å². The number of para-hydroxylation sites is 1. The summed E-state index contributed by atoms with van der Waals surface area (Å²) in [6, 6.07) is 50.1. The van der Waals surface area contributed by atoms with Crippen molar-refractivity contribution in [2.45, 2.75) is 25.3 Å². The lowest BCUT2D eigenvalue weighted by molar-refractivity contribution is 0.552. The number of aromatic nitrogens is 1. The second kappa shape index (κ2) is 9.48. The van der Waals surface area contributed by atoms with Crippen LogP contribution >= 0.6 is 0 Å². The smallest absolute Gasteiger partial charge is 0.209 e. The van der Waals surface area contributed by atoms with Crippen molar-refractivity contribution < 1.29 is 4.42 Å². The molecule has 1 aliphatic heterocycles. The minimum atomic E-state index is -0.246. The van der Waals surface area contributed by atoms with Crippen molar-refractivity contribution in [2.24, 2.45) is 4.99 Å². The summed E-state index contributed by atoms with van der Waals surface area (Å²) in [4.78, 5) is 5.64. The van der Waals surface area contributed by atoms with Crippen LogP contribution < -0.4 is 5.32 Å². The highest BCUT2D eigenvalue weighted by molar-refractivity contribution is 6.24. The molecular formula is C45H31N3O. The molecule has 1 atom stereocenters. The van der Waals surface area contributed by atoms with Crippen molar-refractivity contribution in [1.82, 2.24) is 9.88 Å². The molecule has 232 valence electrons. The van der Waals surface area contributed by atoms with Gasteiger partial charge in [-0.25, -0.2) is 4.99 Å². The Bertz CT molecular complexity index is 2950. The van der Waals surface area contributed by atoms with E-state index in [0.29, 0.717) is 0 Å². The fourth-order valence-electron chi connectivity index (χ4n) is 8.85. The summed E-state index contributed by atoms with van der Waals surface area (Å²) in [6.07, 6.45) is 0. The number of rotatable bonds is 1. The van der Waals surface area contributed by atoms with E-state index in [4.69, 9.17) is 9.41 Å². The molecule has 1 N–H and O–H groups in total. The summed E-state index contributed by atoms with van der Waals surface area (Å²) >= 11 is 0. The first-order valence-electron chi connectivity index (χ1n) is 17.0. The molecule has 0 saturated carbocycles. The number of fused-ring (bicyclic) bond motifs is 11. The van der Waals surface area contributed by atoms with Crippen molar-refractivity contribution in [3.63, 3.8) is 0 Å². The Morgan fingerprint density at radius 3 is 2.22 bits per heavy atom. The molecule has 49 heavy (non-hydrogen) atoms. The lowest BCUT2D eigenvalue weighted by atomic mass is 9.76. The molecular weight excluding hydrogens is 599 g/mol. The van der Waals surface area contributed by atoms with Crippen LogP contribution in [0.2, 0.25) is 0 Å². The summed E-state index contributed by atoms with van der Waals surface area (Å²) in [5.74, 6) is 0.827.